The third kappa shape index (κ3) is 2.91. The fraction of sp³-hybridized carbons (Fsp3) is 0.300. The van der Waals surface area contributed by atoms with Gasteiger partial charge >= 0.3 is 6.04 Å². The maximum Gasteiger partial charge on any atom is 0.339 e. The fourth-order valence-electron chi connectivity index (χ4n) is 1.01. The Kier molecular flexibility index (Phi) is 4.23. The summed E-state index contributed by atoms with van der Waals surface area (Å²) in [6.45, 7) is 1.77. The summed E-state index contributed by atoms with van der Waals surface area (Å²) in [5, 5.41) is 0. The van der Waals surface area contributed by atoms with Crippen LogP contribution in [0.3, 0.4) is 0 Å². The molecule has 0 aromatic heterocycles. The number of hydrogen-bond acceptors (Lipinski definition) is 2. The number of benzene rings is 1. The highest BCUT2D eigenvalue weighted by Crippen LogP contribution is 2.18. The van der Waals surface area contributed by atoms with Gasteiger partial charge in [0.05, 0.1) is 10.8 Å². The quantitative estimate of drug-likeness (QED) is 0.768. The molecule has 6 heteroatoms. The Morgan fingerprint density at radius 1 is 1.25 bits per heavy atom. The molecule has 0 fully saturated rings. The van der Waals surface area contributed by atoms with Gasteiger partial charge in [-0.05, 0) is 19.1 Å². The molecular formula is C10H9F3O2S. The number of hydrogen-bond donors (Lipinski definition) is 0. The van der Waals surface area contributed by atoms with E-state index in [1.807, 2.05) is 0 Å². The first-order valence-corrected chi connectivity index (χ1v) is 5.59. The molecule has 0 saturated heterocycles. The molecule has 1 aromatic carbocycles. The van der Waals surface area contributed by atoms with E-state index in [1.165, 1.54) is 12.1 Å². The van der Waals surface area contributed by atoms with Crippen molar-refractivity contribution < 1.29 is 22.2 Å². The lowest BCUT2D eigenvalue weighted by atomic mass is 10.2. The zero-order valence-corrected chi connectivity index (χ0v) is 9.14. The molecule has 1 aromatic rings. The highest BCUT2D eigenvalue weighted by Gasteiger charge is 2.33. The number of alkyl halides is 2. The number of rotatable bonds is 4. The molecule has 0 spiro atoms. The summed E-state index contributed by atoms with van der Waals surface area (Å²) in [7, 11) is -2.39. The molecule has 0 N–H and O–H groups in total. The molecule has 16 heavy (non-hydrogen) atoms. The average molecular weight is 250 g/mol. The second kappa shape index (κ2) is 5.25. The molecule has 0 radical (unpaired) electrons. The summed E-state index contributed by atoms with van der Waals surface area (Å²) in [5.74, 6) is 0. The van der Waals surface area contributed by atoms with E-state index in [0.717, 1.165) is 5.56 Å². The van der Waals surface area contributed by atoms with Gasteiger partial charge in [0.1, 0.15) is 0 Å². The summed E-state index contributed by atoms with van der Waals surface area (Å²) in [6.07, 6.45) is -3.00. The van der Waals surface area contributed by atoms with E-state index in [9.17, 15) is 22.2 Å². The number of aryl methyl sites for hydroxylation is 1. The highest BCUT2D eigenvalue weighted by atomic mass is 32.2. The third-order valence-corrected chi connectivity index (χ3v) is 3.29. The van der Waals surface area contributed by atoms with Gasteiger partial charge in [0.15, 0.2) is 0 Å². The van der Waals surface area contributed by atoms with E-state index < -0.39 is 28.5 Å². The SMILES string of the molecule is Cc1ccc(S(=O)C(F)C(F)C(=O)F)cc1. The predicted octanol–water partition coefficient (Wildman–Crippen LogP) is 2.23. The monoisotopic (exact) mass is 250 g/mol. The van der Waals surface area contributed by atoms with Crippen LogP contribution < -0.4 is 0 Å². The van der Waals surface area contributed by atoms with Crippen LogP contribution >= 0.6 is 0 Å². The Morgan fingerprint density at radius 2 is 1.75 bits per heavy atom. The van der Waals surface area contributed by atoms with Crippen molar-refractivity contribution in [1.82, 2.24) is 0 Å². The largest absolute Gasteiger partial charge is 0.339 e. The van der Waals surface area contributed by atoms with Crippen molar-refractivity contribution in [3.63, 3.8) is 0 Å². The van der Waals surface area contributed by atoms with E-state index in [2.05, 4.69) is 0 Å². The second-order valence-corrected chi connectivity index (χ2v) is 4.68. The van der Waals surface area contributed by atoms with E-state index in [4.69, 9.17) is 0 Å². The first kappa shape index (κ1) is 12.9. The van der Waals surface area contributed by atoms with Crippen LogP contribution in [0.1, 0.15) is 5.56 Å². The molecule has 1 rings (SSSR count). The zero-order chi connectivity index (χ0) is 12.3. The molecule has 3 unspecified atom stereocenters. The van der Waals surface area contributed by atoms with E-state index in [0.29, 0.717) is 0 Å². The van der Waals surface area contributed by atoms with Gasteiger partial charge in [0.25, 0.3) is 0 Å². The summed E-state index contributed by atoms with van der Waals surface area (Å²) in [6, 6.07) is 3.35. The molecule has 0 aliphatic heterocycles. The summed E-state index contributed by atoms with van der Waals surface area (Å²) >= 11 is 0. The Bertz CT molecular complexity index is 405. The van der Waals surface area contributed by atoms with Gasteiger partial charge in [-0.3, -0.25) is 9.00 Å². The predicted molar refractivity (Wildman–Crippen MR) is 53.5 cm³/mol. The van der Waals surface area contributed by atoms with Crippen LogP contribution in [0.15, 0.2) is 29.2 Å². The van der Waals surface area contributed by atoms with Crippen LogP contribution in [0.4, 0.5) is 13.2 Å². The minimum Gasteiger partial charge on any atom is -0.258 e. The van der Waals surface area contributed by atoms with Crippen LogP contribution in [0, 0.1) is 6.92 Å². The normalized spacial score (nSPS) is 16.5. The maximum absolute atomic E-state index is 13.1. The first-order valence-electron chi connectivity index (χ1n) is 4.38. The minimum atomic E-state index is -3.00. The summed E-state index contributed by atoms with van der Waals surface area (Å²) in [5.41, 5.74) is -1.82. The lowest BCUT2D eigenvalue weighted by Gasteiger charge is -2.09. The number of halogens is 3. The summed E-state index contributed by atoms with van der Waals surface area (Å²) < 4.78 is 49.0. The summed E-state index contributed by atoms with van der Waals surface area (Å²) in [4.78, 5) is 9.97. The molecular weight excluding hydrogens is 241 g/mol. The lowest BCUT2D eigenvalue weighted by Crippen LogP contribution is -2.28. The Labute approximate surface area is 92.9 Å². The van der Waals surface area contributed by atoms with Crippen molar-refractivity contribution >= 4 is 16.8 Å². The lowest BCUT2D eigenvalue weighted by molar-refractivity contribution is -0.135. The van der Waals surface area contributed by atoms with Gasteiger partial charge < -0.3 is 0 Å². The van der Waals surface area contributed by atoms with Gasteiger partial charge in [0, 0.05) is 4.90 Å². The Hall–Kier alpha value is -1.17. The smallest absolute Gasteiger partial charge is 0.258 e. The maximum atomic E-state index is 13.1. The van der Waals surface area contributed by atoms with Crippen molar-refractivity contribution in [3.05, 3.63) is 29.8 Å². The van der Waals surface area contributed by atoms with Crippen LogP contribution in [0.5, 0.6) is 0 Å². The van der Waals surface area contributed by atoms with Crippen LogP contribution in [0.2, 0.25) is 0 Å². The van der Waals surface area contributed by atoms with Crippen LogP contribution in [0.25, 0.3) is 0 Å². The second-order valence-electron chi connectivity index (χ2n) is 3.17. The molecule has 0 saturated carbocycles. The Balaban J connectivity index is 2.86. The van der Waals surface area contributed by atoms with E-state index in [-0.39, 0.29) is 4.90 Å². The highest BCUT2D eigenvalue weighted by molar-refractivity contribution is 7.85. The van der Waals surface area contributed by atoms with E-state index >= 15 is 0 Å². The molecule has 0 aliphatic carbocycles. The van der Waals surface area contributed by atoms with Gasteiger partial charge in [-0.2, -0.15) is 4.39 Å². The van der Waals surface area contributed by atoms with Crippen molar-refractivity contribution in [2.45, 2.75) is 23.5 Å². The molecule has 88 valence electrons. The molecule has 0 amide bonds. The van der Waals surface area contributed by atoms with Gasteiger partial charge in [0.2, 0.25) is 11.7 Å². The van der Waals surface area contributed by atoms with Gasteiger partial charge in [-0.1, -0.05) is 17.7 Å². The third-order valence-electron chi connectivity index (χ3n) is 1.90. The van der Waals surface area contributed by atoms with Crippen molar-refractivity contribution in [2.75, 3.05) is 0 Å². The Morgan fingerprint density at radius 3 is 2.19 bits per heavy atom. The first-order chi connectivity index (χ1) is 7.43. The standard InChI is InChI=1S/C10H9F3O2S/c1-6-2-4-7(5-3-6)16(15)10(13)8(11)9(12)14/h2-5,8,10H,1H3. The zero-order valence-electron chi connectivity index (χ0n) is 8.32. The van der Waals surface area contributed by atoms with Gasteiger partial charge in [-0.15, -0.1) is 0 Å². The molecule has 0 heterocycles. The molecule has 2 nitrogen and oxygen atoms in total. The van der Waals surface area contributed by atoms with Crippen molar-refractivity contribution in [2.24, 2.45) is 0 Å². The van der Waals surface area contributed by atoms with E-state index in [1.54, 1.807) is 19.1 Å². The van der Waals surface area contributed by atoms with Crippen LogP contribution in [-0.2, 0) is 15.6 Å². The molecule has 3 atom stereocenters. The van der Waals surface area contributed by atoms with Gasteiger partial charge in [-0.25, -0.2) is 8.78 Å². The van der Waals surface area contributed by atoms with Crippen LogP contribution in [-0.4, -0.2) is 21.9 Å². The topological polar surface area (TPSA) is 34.1 Å². The van der Waals surface area contributed by atoms with Crippen molar-refractivity contribution in [1.29, 1.82) is 0 Å². The molecule has 0 aliphatic rings. The number of carbonyl (C=O) groups excluding carboxylic acids is 1. The molecule has 0 bridgehead atoms. The number of carbonyl (C=O) groups is 1. The fourth-order valence-corrected chi connectivity index (χ4v) is 2.00. The minimum absolute atomic E-state index is 0.0157. The average Bonchev–Trinajstić information content (AvgIpc) is 2.27. The van der Waals surface area contributed by atoms with Crippen molar-refractivity contribution in [3.8, 4) is 0 Å².